The van der Waals surface area contributed by atoms with E-state index >= 15 is 0 Å². The van der Waals surface area contributed by atoms with Gasteiger partial charge in [0.25, 0.3) is 0 Å². The van der Waals surface area contributed by atoms with E-state index in [9.17, 15) is 4.79 Å². The van der Waals surface area contributed by atoms with Gasteiger partial charge in [-0.15, -0.1) is 0 Å². The number of nitrogens with one attached hydrogen (secondary N) is 1. The Morgan fingerprint density at radius 1 is 0.840 bits per heavy atom. The molecule has 0 aliphatic carbocycles. The minimum atomic E-state index is -0.235. The van der Waals surface area contributed by atoms with E-state index in [1.165, 1.54) is 44.9 Å². The summed E-state index contributed by atoms with van der Waals surface area (Å²) in [6.07, 6.45) is 14.6. The average molecular weight is 360 g/mol. The van der Waals surface area contributed by atoms with Crippen LogP contribution in [0.1, 0.15) is 90.4 Å². The van der Waals surface area contributed by atoms with Crippen molar-refractivity contribution in [3.8, 4) is 0 Å². The molecule has 0 spiro atoms. The Morgan fingerprint density at radius 2 is 1.40 bits per heavy atom. The van der Waals surface area contributed by atoms with Crippen molar-refractivity contribution in [2.75, 3.05) is 26.4 Å². The lowest BCUT2D eigenvalue weighted by Gasteiger charge is -2.12. The molecule has 0 aromatic heterocycles. The molecule has 0 amide bonds. The van der Waals surface area contributed by atoms with Gasteiger partial charge in [0.15, 0.2) is 0 Å². The first kappa shape index (κ1) is 24.4. The minimum absolute atomic E-state index is 0.0539. The van der Waals surface area contributed by atoms with Crippen LogP contribution in [0.25, 0.3) is 0 Å². The summed E-state index contributed by atoms with van der Waals surface area (Å²) in [6, 6.07) is -0.235. The van der Waals surface area contributed by atoms with Crippen LogP contribution in [0.15, 0.2) is 0 Å². The maximum Gasteiger partial charge on any atom is 0.305 e. The van der Waals surface area contributed by atoms with E-state index in [0.29, 0.717) is 13.0 Å². The van der Waals surface area contributed by atoms with Crippen molar-refractivity contribution in [1.29, 1.82) is 0 Å². The molecule has 5 nitrogen and oxygen atoms in total. The van der Waals surface area contributed by atoms with Gasteiger partial charge in [-0.1, -0.05) is 64.7 Å². The first-order valence-corrected chi connectivity index (χ1v) is 10.3. The summed E-state index contributed by atoms with van der Waals surface area (Å²) < 4.78 is 5.26. The molecule has 0 aliphatic rings. The van der Waals surface area contributed by atoms with Gasteiger partial charge in [-0.2, -0.15) is 0 Å². The van der Waals surface area contributed by atoms with Gasteiger partial charge in [-0.3, -0.25) is 4.79 Å². The Hall–Kier alpha value is -0.650. The summed E-state index contributed by atoms with van der Waals surface area (Å²) in [4.78, 5) is 11.6. The molecule has 0 atom stereocenters. The number of carbonyl (C=O) groups is 1. The lowest BCUT2D eigenvalue weighted by molar-refractivity contribution is -0.143. The number of rotatable bonds is 19. The highest BCUT2D eigenvalue weighted by molar-refractivity contribution is 5.69. The third kappa shape index (κ3) is 18.0. The lowest BCUT2D eigenvalue weighted by atomic mass is 10.1. The van der Waals surface area contributed by atoms with Crippen LogP contribution < -0.4 is 5.32 Å². The van der Waals surface area contributed by atoms with Gasteiger partial charge in [0.2, 0.25) is 0 Å². The second kappa shape index (κ2) is 19.7. The summed E-state index contributed by atoms with van der Waals surface area (Å²) in [6.45, 7) is 3.44. The van der Waals surface area contributed by atoms with Gasteiger partial charge in [0.1, 0.15) is 0 Å². The standard InChI is InChI=1S/C20H41NO4/c1-2-3-4-5-6-7-8-9-13-16-25-20(24)14-11-10-12-15-21-19(17-22)18-23/h19,21-23H,2-18H2,1H3. The molecular weight excluding hydrogens is 318 g/mol. The zero-order chi connectivity index (χ0) is 18.6. The van der Waals surface area contributed by atoms with Crippen LogP contribution in [0, 0.1) is 0 Å². The SMILES string of the molecule is CCCCCCCCCCCOC(=O)CCCCCNC(CO)CO. The molecule has 0 saturated carbocycles. The van der Waals surface area contributed by atoms with E-state index in [1.807, 2.05) is 0 Å². The maximum absolute atomic E-state index is 11.6. The first-order chi connectivity index (χ1) is 12.2. The van der Waals surface area contributed by atoms with Crippen molar-refractivity contribution in [2.45, 2.75) is 96.4 Å². The van der Waals surface area contributed by atoms with Crippen molar-refractivity contribution >= 4 is 5.97 Å². The Morgan fingerprint density at radius 3 is 2.00 bits per heavy atom. The summed E-state index contributed by atoms with van der Waals surface area (Å²) in [7, 11) is 0. The van der Waals surface area contributed by atoms with Gasteiger partial charge in [-0.05, 0) is 25.8 Å². The van der Waals surface area contributed by atoms with Gasteiger partial charge in [-0.25, -0.2) is 0 Å². The van der Waals surface area contributed by atoms with E-state index in [1.54, 1.807) is 0 Å². The molecule has 0 fully saturated rings. The Labute approximate surface area is 154 Å². The van der Waals surface area contributed by atoms with Crippen LogP contribution >= 0.6 is 0 Å². The third-order valence-electron chi connectivity index (χ3n) is 4.44. The second-order valence-corrected chi connectivity index (χ2v) is 6.88. The monoisotopic (exact) mass is 359 g/mol. The summed E-state index contributed by atoms with van der Waals surface area (Å²) >= 11 is 0. The summed E-state index contributed by atoms with van der Waals surface area (Å²) in [5.74, 6) is -0.0869. The van der Waals surface area contributed by atoms with E-state index in [2.05, 4.69) is 12.2 Å². The smallest absolute Gasteiger partial charge is 0.305 e. The first-order valence-electron chi connectivity index (χ1n) is 10.3. The zero-order valence-corrected chi connectivity index (χ0v) is 16.3. The fourth-order valence-electron chi connectivity index (χ4n) is 2.74. The minimum Gasteiger partial charge on any atom is -0.466 e. The van der Waals surface area contributed by atoms with Crippen molar-refractivity contribution < 1.29 is 19.7 Å². The molecule has 0 heterocycles. The molecule has 25 heavy (non-hydrogen) atoms. The maximum atomic E-state index is 11.6. The molecule has 150 valence electrons. The second-order valence-electron chi connectivity index (χ2n) is 6.88. The highest BCUT2D eigenvalue weighted by Gasteiger charge is 2.05. The van der Waals surface area contributed by atoms with E-state index < -0.39 is 0 Å². The molecule has 0 bridgehead atoms. The van der Waals surface area contributed by atoms with Gasteiger partial charge >= 0.3 is 5.97 Å². The number of esters is 1. The number of hydrogen-bond donors (Lipinski definition) is 3. The highest BCUT2D eigenvalue weighted by Crippen LogP contribution is 2.09. The molecule has 0 aliphatic heterocycles. The number of ether oxygens (including phenoxy) is 1. The average Bonchev–Trinajstić information content (AvgIpc) is 2.62. The number of unbranched alkanes of at least 4 members (excludes halogenated alkanes) is 10. The topological polar surface area (TPSA) is 78.8 Å². The number of aliphatic hydroxyl groups excluding tert-OH is 2. The van der Waals surface area contributed by atoms with E-state index in [4.69, 9.17) is 14.9 Å². The Kier molecular flexibility index (Phi) is 19.2. The zero-order valence-electron chi connectivity index (χ0n) is 16.3. The summed E-state index contributed by atoms with van der Waals surface area (Å²) in [5, 5.41) is 20.9. The van der Waals surface area contributed by atoms with Crippen molar-refractivity contribution in [1.82, 2.24) is 5.32 Å². The molecular formula is C20H41NO4. The molecule has 5 heteroatoms. The van der Waals surface area contributed by atoms with Crippen LogP contribution in [-0.4, -0.2) is 48.6 Å². The predicted molar refractivity (Wildman–Crippen MR) is 103 cm³/mol. The Bertz CT molecular complexity index is 283. The van der Waals surface area contributed by atoms with Gasteiger partial charge in [0, 0.05) is 6.42 Å². The summed E-state index contributed by atoms with van der Waals surface area (Å²) in [5.41, 5.74) is 0. The largest absolute Gasteiger partial charge is 0.466 e. The van der Waals surface area contributed by atoms with Crippen LogP contribution in [0.2, 0.25) is 0 Å². The van der Waals surface area contributed by atoms with E-state index in [0.717, 1.165) is 38.6 Å². The van der Waals surface area contributed by atoms with Gasteiger partial charge in [0.05, 0.1) is 25.9 Å². The van der Waals surface area contributed by atoms with Gasteiger partial charge < -0.3 is 20.3 Å². The van der Waals surface area contributed by atoms with Crippen molar-refractivity contribution in [3.63, 3.8) is 0 Å². The predicted octanol–water partition coefficient (Wildman–Crippen LogP) is 3.56. The normalized spacial score (nSPS) is 11.2. The quantitative estimate of drug-likeness (QED) is 0.243. The number of carbonyl (C=O) groups excluding carboxylic acids is 1. The van der Waals surface area contributed by atoms with Crippen LogP contribution in [0.4, 0.5) is 0 Å². The van der Waals surface area contributed by atoms with Crippen molar-refractivity contribution in [3.05, 3.63) is 0 Å². The lowest BCUT2D eigenvalue weighted by Crippen LogP contribution is -2.36. The van der Waals surface area contributed by atoms with Crippen molar-refractivity contribution in [2.24, 2.45) is 0 Å². The number of hydrogen-bond acceptors (Lipinski definition) is 5. The fourth-order valence-corrected chi connectivity index (χ4v) is 2.74. The van der Waals surface area contributed by atoms with Crippen LogP contribution in [0.5, 0.6) is 0 Å². The molecule has 0 aromatic rings. The third-order valence-corrected chi connectivity index (χ3v) is 4.44. The molecule has 3 N–H and O–H groups in total. The Balaban J connectivity index is 3.23. The fraction of sp³-hybridized carbons (Fsp3) is 0.950. The molecule has 0 unspecified atom stereocenters. The van der Waals surface area contributed by atoms with Crippen LogP contribution in [-0.2, 0) is 9.53 Å². The molecule has 0 saturated heterocycles. The van der Waals surface area contributed by atoms with E-state index in [-0.39, 0.29) is 25.2 Å². The molecule has 0 aromatic carbocycles. The highest BCUT2D eigenvalue weighted by atomic mass is 16.5. The number of aliphatic hydroxyl groups is 2. The van der Waals surface area contributed by atoms with Crippen LogP contribution in [0.3, 0.4) is 0 Å². The molecule has 0 radical (unpaired) electrons. The molecule has 0 rings (SSSR count).